The van der Waals surface area contributed by atoms with Crippen LogP contribution in [0.3, 0.4) is 0 Å². The lowest BCUT2D eigenvalue weighted by molar-refractivity contribution is -0.116. The van der Waals surface area contributed by atoms with Gasteiger partial charge in [0, 0.05) is 19.2 Å². The highest BCUT2D eigenvalue weighted by atomic mass is 35.5. The Kier molecular flexibility index (Phi) is 6.74. The summed E-state index contributed by atoms with van der Waals surface area (Å²) in [6.07, 6.45) is 4.10. The van der Waals surface area contributed by atoms with E-state index in [1.165, 1.54) is 11.6 Å². The van der Waals surface area contributed by atoms with E-state index < -0.39 is 0 Å². The minimum atomic E-state index is -0.130. The molecule has 0 spiro atoms. The Labute approximate surface area is 164 Å². The number of halogens is 1. The van der Waals surface area contributed by atoms with Crippen LogP contribution in [0.1, 0.15) is 17.5 Å². The molecule has 2 aromatic rings. The molecule has 0 aromatic heterocycles. The van der Waals surface area contributed by atoms with Crippen LogP contribution in [0.5, 0.6) is 11.5 Å². The third kappa shape index (κ3) is 5.74. The van der Waals surface area contributed by atoms with Crippen LogP contribution in [0, 0.1) is 0 Å². The predicted molar refractivity (Wildman–Crippen MR) is 107 cm³/mol. The van der Waals surface area contributed by atoms with Gasteiger partial charge in [-0.1, -0.05) is 41.9 Å². The highest BCUT2D eigenvalue weighted by molar-refractivity contribution is 6.32. The molecular formula is C21H23ClN2O3. The van der Waals surface area contributed by atoms with Crippen molar-refractivity contribution in [2.45, 2.75) is 13.0 Å². The lowest BCUT2D eigenvalue weighted by atomic mass is 10.2. The van der Waals surface area contributed by atoms with Crippen molar-refractivity contribution in [3.05, 3.63) is 64.7 Å². The quantitative estimate of drug-likeness (QED) is 0.555. The Morgan fingerprint density at radius 3 is 2.89 bits per heavy atom. The summed E-state index contributed by atoms with van der Waals surface area (Å²) in [6.45, 7) is 2.61. The first-order valence-corrected chi connectivity index (χ1v) is 9.27. The lowest BCUT2D eigenvalue weighted by Gasteiger charge is -2.16. The van der Waals surface area contributed by atoms with E-state index in [0.717, 1.165) is 25.1 Å². The van der Waals surface area contributed by atoms with Crippen LogP contribution in [-0.4, -0.2) is 37.7 Å². The van der Waals surface area contributed by atoms with Gasteiger partial charge in [0.05, 0.1) is 5.02 Å². The first-order chi connectivity index (χ1) is 13.1. The third-order valence-corrected chi connectivity index (χ3v) is 4.47. The average molecular weight is 387 g/mol. The number of ether oxygens (including phenoxy) is 2. The van der Waals surface area contributed by atoms with Gasteiger partial charge in [0.15, 0.2) is 11.5 Å². The molecule has 6 heteroatoms. The second kappa shape index (κ2) is 9.44. The zero-order valence-electron chi connectivity index (χ0n) is 15.3. The van der Waals surface area contributed by atoms with Gasteiger partial charge in [0.1, 0.15) is 0 Å². The van der Waals surface area contributed by atoms with Crippen LogP contribution in [0.25, 0.3) is 6.08 Å². The van der Waals surface area contributed by atoms with E-state index in [9.17, 15) is 4.79 Å². The van der Waals surface area contributed by atoms with E-state index in [1.807, 2.05) is 18.2 Å². The highest BCUT2D eigenvalue weighted by Gasteiger charge is 2.17. The fourth-order valence-electron chi connectivity index (χ4n) is 2.85. The zero-order valence-corrected chi connectivity index (χ0v) is 16.0. The molecule has 0 saturated carbocycles. The molecule has 3 rings (SSSR count). The van der Waals surface area contributed by atoms with Crippen molar-refractivity contribution in [1.29, 1.82) is 0 Å². The van der Waals surface area contributed by atoms with Gasteiger partial charge in [0.2, 0.25) is 12.7 Å². The third-order valence-electron chi connectivity index (χ3n) is 4.19. The zero-order chi connectivity index (χ0) is 19.1. The van der Waals surface area contributed by atoms with Gasteiger partial charge >= 0.3 is 0 Å². The number of carbonyl (C=O) groups is 1. The normalized spacial score (nSPS) is 12.7. The van der Waals surface area contributed by atoms with Crippen molar-refractivity contribution in [3.8, 4) is 11.5 Å². The minimum absolute atomic E-state index is 0.130. The summed E-state index contributed by atoms with van der Waals surface area (Å²) in [7, 11) is 2.08. The summed E-state index contributed by atoms with van der Waals surface area (Å²) in [4.78, 5) is 14.2. The van der Waals surface area contributed by atoms with Gasteiger partial charge in [-0.15, -0.1) is 0 Å². The maximum atomic E-state index is 12.0. The maximum absolute atomic E-state index is 12.0. The van der Waals surface area contributed by atoms with Crippen molar-refractivity contribution < 1.29 is 14.3 Å². The van der Waals surface area contributed by atoms with Gasteiger partial charge in [-0.05, 0) is 49.3 Å². The highest BCUT2D eigenvalue weighted by Crippen LogP contribution is 2.40. The van der Waals surface area contributed by atoms with E-state index in [4.69, 9.17) is 21.1 Å². The molecule has 1 heterocycles. The van der Waals surface area contributed by atoms with Crippen LogP contribution < -0.4 is 14.8 Å². The van der Waals surface area contributed by atoms with Crippen molar-refractivity contribution in [3.63, 3.8) is 0 Å². The standard InChI is InChI=1S/C21H23ClN2O3/c1-24(14-16-6-3-2-4-7-16)11-5-10-23-20(25)9-8-17-12-18(22)21-19(13-17)26-15-27-21/h2-4,6-9,12-13H,5,10-11,14-15H2,1H3,(H,23,25)/b9-8+. The van der Waals surface area contributed by atoms with Crippen LogP contribution >= 0.6 is 11.6 Å². The molecule has 27 heavy (non-hydrogen) atoms. The molecule has 5 nitrogen and oxygen atoms in total. The Bertz CT molecular complexity index is 809. The van der Waals surface area contributed by atoms with Gasteiger partial charge in [0.25, 0.3) is 0 Å². The largest absolute Gasteiger partial charge is 0.454 e. The summed E-state index contributed by atoms with van der Waals surface area (Å²) >= 11 is 6.14. The topological polar surface area (TPSA) is 50.8 Å². The number of amides is 1. The fraction of sp³-hybridized carbons (Fsp3) is 0.286. The van der Waals surface area contributed by atoms with Crippen molar-refractivity contribution >= 4 is 23.6 Å². The van der Waals surface area contributed by atoms with Crippen molar-refractivity contribution in [2.24, 2.45) is 0 Å². The molecule has 1 N–H and O–H groups in total. The SMILES string of the molecule is CN(CCCNC(=O)/C=C/c1cc(Cl)c2c(c1)OCO2)Cc1ccccc1. The average Bonchev–Trinajstić information content (AvgIpc) is 3.14. The van der Waals surface area contributed by atoms with Crippen molar-refractivity contribution in [1.82, 2.24) is 10.2 Å². The second-order valence-corrected chi connectivity index (χ2v) is 6.85. The van der Waals surface area contributed by atoms with Gasteiger partial charge in [-0.2, -0.15) is 0 Å². The molecule has 1 amide bonds. The molecule has 0 saturated heterocycles. The fourth-order valence-corrected chi connectivity index (χ4v) is 3.12. The molecular weight excluding hydrogens is 364 g/mol. The smallest absolute Gasteiger partial charge is 0.243 e. The molecule has 0 aliphatic carbocycles. The number of rotatable bonds is 8. The molecule has 0 unspecified atom stereocenters. The summed E-state index contributed by atoms with van der Waals surface area (Å²) in [5.74, 6) is 1.02. The van der Waals surface area contributed by atoms with Crippen LogP contribution in [-0.2, 0) is 11.3 Å². The van der Waals surface area contributed by atoms with E-state index in [0.29, 0.717) is 23.1 Å². The summed E-state index contributed by atoms with van der Waals surface area (Å²) in [5.41, 5.74) is 2.08. The van der Waals surface area contributed by atoms with Crippen molar-refractivity contribution in [2.75, 3.05) is 26.9 Å². The summed E-state index contributed by atoms with van der Waals surface area (Å²) in [6, 6.07) is 13.9. The molecule has 142 valence electrons. The Morgan fingerprint density at radius 1 is 1.26 bits per heavy atom. The molecule has 0 bridgehead atoms. The Hall–Kier alpha value is -2.50. The molecule has 0 atom stereocenters. The van der Waals surface area contributed by atoms with E-state index in [1.54, 1.807) is 18.2 Å². The van der Waals surface area contributed by atoms with E-state index in [-0.39, 0.29) is 12.7 Å². The first-order valence-electron chi connectivity index (χ1n) is 8.89. The Morgan fingerprint density at radius 2 is 2.07 bits per heavy atom. The first kappa shape index (κ1) is 19.3. The predicted octanol–water partition coefficient (Wildman–Crippen LogP) is 3.72. The number of carbonyl (C=O) groups excluding carboxylic acids is 1. The molecule has 1 aliphatic rings. The lowest BCUT2D eigenvalue weighted by Crippen LogP contribution is -2.26. The van der Waals surface area contributed by atoms with Gasteiger partial charge in [-0.25, -0.2) is 0 Å². The monoisotopic (exact) mass is 386 g/mol. The van der Waals surface area contributed by atoms with E-state index in [2.05, 4.69) is 29.4 Å². The summed E-state index contributed by atoms with van der Waals surface area (Å²) < 4.78 is 10.6. The molecule has 0 radical (unpaired) electrons. The Balaban J connectivity index is 1.38. The van der Waals surface area contributed by atoms with Crippen LogP contribution in [0.2, 0.25) is 5.02 Å². The van der Waals surface area contributed by atoms with Crippen LogP contribution in [0.4, 0.5) is 0 Å². The summed E-state index contributed by atoms with van der Waals surface area (Å²) in [5, 5.41) is 3.38. The number of nitrogens with one attached hydrogen (secondary N) is 1. The number of hydrogen-bond acceptors (Lipinski definition) is 4. The van der Waals surface area contributed by atoms with Gasteiger partial charge in [-0.3, -0.25) is 4.79 Å². The number of hydrogen-bond donors (Lipinski definition) is 1. The number of nitrogens with zero attached hydrogens (tertiary/aromatic N) is 1. The molecule has 0 fully saturated rings. The number of fused-ring (bicyclic) bond motifs is 1. The van der Waals surface area contributed by atoms with Gasteiger partial charge < -0.3 is 19.7 Å². The number of benzene rings is 2. The minimum Gasteiger partial charge on any atom is -0.454 e. The second-order valence-electron chi connectivity index (χ2n) is 6.44. The molecule has 2 aromatic carbocycles. The van der Waals surface area contributed by atoms with E-state index >= 15 is 0 Å². The van der Waals surface area contributed by atoms with Crippen LogP contribution in [0.15, 0.2) is 48.5 Å². The molecule has 1 aliphatic heterocycles. The maximum Gasteiger partial charge on any atom is 0.243 e.